The van der Waals surface area contributed by atoms with Crippen LogP contribution >= 0.6 is 0 Å². The lowest BCUT2D eigenvalue weighted by Crippen LogP contribution is -2.01. The van der Waals surface area contributed by atoms with Gasteiger partial charge in [-0.15, -0.1) is 0 Å². The molecule has 0 saturated carbocycles. The van der Waals surface area contributed by atoms with Gasteiger partial charge in [0, 0.05) is 33.0 Å². The summed E-state index contributed by atoms with van der Waals surface area (Å²) in [6.07, 6.45) is 8.53. The maximum Gasteiger partial charge on any atom is 0.160 e. The van der Waals surface area contributed by atoms with Gasteiger partial charge in [-0.3, -0.25) is 0 Å². The number of hydrogen-bond donors (Lipinski definition) is 0. The number of benzene rings is 5. The van der Waals surface area contributed by atoms with Crippen molar-refractivity contribution < 1.29 is 4.42 Å². The second kappa shape index (κ2) is 10.4. The SMILES string of the molecule is Cc1ccc2c(c1)c1ccc3oc4ccccc4c3c1n2-c1ccc(-c2nc(C3=CC=CCC3)cc(-c3ccccc3)n2)cc1C. The summed E-state index contributed by atoms with van der Waals surface area (Å²) in [4.78, 5) is 10.2. The van der Waals surface area contributed by atoms with Crippen LogP contribution in [0.15, 0.2) is 132 Å². The number of para-hydroxylation sites is 1. The molecule has 4 nitrogen and oxygen atoms in total. The Morgan fingerprint density at radius 3 is 2.37 bits per heavy atom. The lowest BCUT2D eigenvalue weighted by Gasteiger charge is -2.15. The summed E-state index contributed by atoms with van der Waals surface area (Å²) >= 11 is 0. The third-order valence-corrected chi connectivity index (χ3v) is 9.26. The minimum atomic E-state index is 0.738. The summed E-state index contributed by atoms with van der Waals surface area (Å²) < 4.78 is 8.76. The molecule has 0 unspecified atom stereocenters. The van der Waals surface area contributed by atoms with Gasteiger partial charge >= 0.3 is 0 Å². The maximum atomic E-state index is 6.35. The molecule has 1 aliphatic carbocycles. The summed E-state index contributed by atoms with van der Waals surface area (Å²) in [5, 5.41) is 4.73. The lowest BCUT2D eigenvalue weighted by atomic mass is 10.00. The van der Waals surface area contributed by atoms with Gasteiger partial charge in [0.2, 0.25) is 0 Å². The van der Waals surface area contributed by atoms with Gasteiger partial charge in [0.25, 0.3) is 0 Å². The Balaban J connectivity index is 1.27. The molecule has 0 amide bonds. The van der Waals surface area contributed by atoms with Gasteiger partial charge < -0.3 is 8.98 Å². The molecule has 0 spiro atoms. The van der Waals surface area contributed by atoms with E-state index in [1.54, 1.807) is 0 Å². The average molecular weight is 594 g/mol. The first-order chi connectivity index (χ1) is 22.6. The van der Waals surface area contributed by atoms with Crippen LogP contribution in [0.25, 0.3) is 77.7 Å². The minimum absolute atomic E-state index is 0.738. The number of aryl methyl sites for hydroxylation is 2. The molecule has 0 aliphatic heterocycles. The van der Waals surface area contributed by atoms with E-state index in [1.165, 1.54) is 32.9 Å². The highest BCUT2D eigenvalue weighted by Crippen LogP contribution is 2.42. The van der Waals surface area contributed by atoms with E-state index in [2.05, 4.69) is 134 Å². The quantitative estimate of drug-likeness (QED) is 0.204. The van der Waals surface area contributed by atoms with Crippen LogP contribution in [0.4, 0.5) is 0 Å². The Morgan fingerprint density at radius 1 is 0.674 bits per heavy atom. The number of nitrogens with zero attached hydrogens (tertiary/aromatic N) is 3. The molecule has 0 N–H and O–H groups in total. The number of allylic oxidation sites excluding steroid dienone is 4. The van der Waals surface area contributed by atoms with E-state index in [-0.39, 0.29) is 0 Å². The van der Waals surface area contributed by atoms with Gasteiger partial charge in [0.05, 0.1) is 27.8 Å². The zero-order chi connectivity index (χ0) is 30.8. The molecule has 8 aromatic rings. The molecule has 0 fully saturated rings. The van der Waals surface area contributed by atoms with Crippen molar-refractivity contribution in [2.24, 2.45) is 0 Å². The predicted octanol–water partition coefficient (Wildman–Crippen LogP) is 11.2. The lowest BCUT2D eigenvalue weighted by molar-refractivity contribution is 0.669. The fraction of sp³-hybridized carbons (Fsp3) is 0.0952. The molecule has 220 valence electrons. The topological polar surface area (TPSA) is 43.9 Å². The van der Waals surface area contributed by atoms with Crippen molar-refractivity contribution in [3.63, 3.8) is 0 Å². The van der Waals surface area contributed by atoms with Crippen LogP contribution < -0.4 is 0 Å². The van der Waals surface area contributed by atoms with Gasteiger partial charge in [0.1, 0.15) is 11.2 Å². The van der Waals surface area contributed by atoms with Crippen LogP contribution in [0.2, 0.25) is 0 Å². The molecule has 0 bridgehead atoms. The van der Waals surface area contributed by atoms with Gasteiger partial charge in [0.15, 0.2) is 5.82 Å². The zero-order valence-electron chi connectivity index (χ0n) is 25.8. The van der Waals surface area contributed by atoms with Crippen molar-refractivity contribution in [2.45, 2.75) is 26.7 Å². The fourth-order valence-corrected chi connectivity index (χ4v) is 7.04. The van der Waals surface area contributed by atoms with Crippen molar-refractivity contribution >= 4 is 49.3 Å². The van der Waals surface area contributed by atoms with Crippen LogP contribution in [0, 0.1) is 13.8 Å². The second-order valence-electron chi connectivity index (χ2n) is 12.3. The summed E-state index contributed by atoms with van der Waals surface area (Å²) in [6, 6.07) is 38.6. The fourth-order valence-electron chi connectivity index (χ4n) is 7.04. The highest BCUT2D eigenvalue weighted by Gasteiger charge is 2.21. The minimum Gasteiger partial charge on any atom is -0.456 e. The Kier molecular flexibility index (Phi) is 6.04. The zero-order valence-corrected chi connectivity index (χ0v) is 25.8. The second-order valence-corrected chi connectivity index (χ2v) is 12.3. The molecular formula is C42H31N3O. The Morgan fingerprint density at radius 2 is 1.52 bits per heavy atom. The first-order valence-corrected chi connectivity index (χ1v) is 15.9. The number of fused-ring (bicyclic) bond motifs is 7. The Bertz CT molecular complexity index is 2550. The molecule has 0 atom stereocenters. The van der Waals surface area contributed by atoms with Crippen LogP contribution in [-0.4, -0.2) is 14.5 Å². The van der Waals surface area contributed by atoms with Crippen molar-refractivity contribution in [3.8, 4) is 28.3 Å². The molecule has 3 heterocycles. The molecule has 0 saturated heterocycles. The standard InChI is InChI=1S/C42H31N3O/c1-26-17-20-37-33(23-26)31-19-22-39-40(32-15-9-10-16-38(32)46-39)41(31)45(37)36-21-18-30(24-27(36)2)42-43-34(28-11-5-3-6-12-28)25-35(44-42)29-13-7-4-8-14-29/h3-7,9-13,15-25H,8,14H2,1-2H3. The molecule has 5 aromatic carbocycles. The summed E-state index contributed by atoms with van der Waals surface area (Å²) in [5.41, 5.74) is 12.9. The predicted molar refractivity (Wildman–Crippen MR) is 190 cm³/mol. The van der Waals surface area contributed by atoms with Crippen molar-refractivity contribution in [3.05, 3.63) is 144 Å². The van der Waals surface area contributed by atoms with Gasteiger partial charge in [-0.1, -0.05) is 78.4 Å². The third kappa shape index (κ3) is 4.21. The van der Waals surface area contributed by atoms with E-state index in [4.69, 9.17) is 14.4 Å². The molecule has 9 rings (SSSR count). The molecule has 46 heavy (non-hydrogen) atoms. The molecular weight excluding hydrogens is 562 g/mol. The first-order valence-electron chi connectivity index (χ1n) is 15.9. The number of rotatable bonds is 4. The molecule has 3 aromatic heterocycles. The smallest absolute Gasteiger partial charge is 0.160 e. The van der Waals surface area contributed by atoms with E-state index >= 15 is 0 Å². The monoisotopic (exact) mass is 593 g/mol. The molecule has 0 radical (unpaired) electrons. The number of hydrogen-bond acceptors (Lipinski definition) is 3. The van der Waals surface area contributed by atoms with Crippen LogP contribution in [-0.2, 0) is 0 Å². The highest BCUT2D eigenvalue weighted by molar-refractivity contribution is 6.24. The Hall–Kier alpha value is -5.74. The number of furan rings is 1. The van der Waals surface area contributed by atoms with Crippen molar-refractivity contribution in [1.29, 1.82) is 0 Å². The van der Waals surface area contributed by atoms with Crippen LogP contribution in [0.5, 0.6) is 0 Å². The van der Waals surface area contributed by atoms with E-state index in [0.29, 0.717) is 0 Å². The maximum absolute atomic E-state index is 6.35. The largest absolute Gasteiger partial charge is 0.456 e. The summed E-state index contributed by atoms with van der Waals surface area (Å²) in [5.74, 6) is 0.738. The van der Waals surface area contributed by atoms with E-state index in [1.807, 2.05) is 12.1 Å². The van der Waals surface area contributed by atoms with E-state index in [0.717, 1.165) is 74.4 Å². The van der Waals surface area contributed by atoms with Crippen LogP contribution in [0.3, 0.4) is 0 Å². The number of aromatic nitrogens is 3. The Labute approximate surface area is 267 Å². The summed E-state index contributed by atoms with van der Waals surface area (Å²) in [6.45, 7) is 4.35. The normalized spacial score (nSPS) is 13.3. The van der Waals surface area contributed by atoms with Crippen molar-refractivity contribution in [2.75, 3.05) is 0 Å². The third-order valence-electron chi connectivity index (χ3n) is 9.26. The van der Waals surface area contributed by atoms with Crippen molar-refractivity contribution in [1.82, 2.24) is 14.5 Å². The first kappa shape index (κ1) is 26.6. The van der Waals surface area contributed by atoms with Gasteiger partial charge in [-0.2, -0.15) is 0 Å². The average Bonchev–Trinajstić information content (AvgIpc) is 3.64. The van der Waals surface area contributed by atoms with Crippen LogP contribution in [0.1, 0.15) is 29.7 Å². The summed E-state index contributed by atoms with van der Waals surface area (Å²) in [7, 11) is 0. The molecule has 1 aliphatic rings. The molecule has 4 heteroatoms. The van der Waals surface area contributed by atoms with Gasteiger partial charge in [-0.25, -0.2) is 9.97 Å². The van der Waals surface area contributed by atoms with Gasteiger partial charge in [-0.05, 0) is 92.4 Å². The highest BCUT2D eigenvalue weighted by atomic mass is 16.3. The van der Waals surface area contributed by atoms with E-state index < -0.39 is 0 Å². The van der Waals surface area contributed by atoms with E-state index in [9.17, 15) is 0 Å².